The third-order valence-corrected chi connectivity index (χ3v) is 4.11. The topological polar surface area (TPSA) is 15.6 Å². The van der Waals surface area contributed by atoms with Crippen molar-refractivity contribution in [1.82, 2.24) is 4.90 Å². The summed E-state index contributed by atoms with van der Waals surface area (Å²) >= 11 is 0. The maximum Gasteiger partial charge on any atom is 0.0399 e. The Morgan fingerprint density at radius 3 is 2.67 bits per heavy atom. The summed E-state index contributed by atoms with van der Waals surface area (Å²) in [7, 11) is 0. The molecule has 2 aliphatic rings. The van der Waals surface area contributed by atoms with Crippen molar-refractivity contribution in [3.05, 3.63) is 48.2 Å². The van der Waals surface area contributed by atoms with E-state index in [1.165, 1.54) is 43.7 Å². The van der Waals surface area contributed by atoms with Crippen molar-refractivity contribution in [2.24, 2.45) is 16.8 Å². The van der Waals surface area contributed by atoms with Crippen LogP contribution in [0, 0.1) is 11.8 Å². The molecule has 0 saturated carbocycles. The number of nitrogens with zero attached hydrogens (tertiary/aromatic N) is 2. The third-order valence-electron chi connectivity index (χ3n) is 4.11. The Morgan fingerprint density at radius 1 is 1.33 bits per heavy atom. The first-order valence-electron chi connectivity index (χ1n) is 8.13. The molecule has 114 valence electrons. The standard InChI is InChI=1S/C19H28N2/c1-4-5-6-7-17-8-9-19(20-14-17)18-10-12-21(13-11-18)15-16(2)3/h4-7,9,14,16,18H,1,8,10-13,15H2,2-3H3/b6-5-,17-7+. The van der Waals surface area contributed by atoms with Crippen LogP contribution in [0.2, 0.25) is 0 Å². The quantitative estimate of drug-likeness (QED) is 0.684. The van der Waals surface area contributed by atoms with E-state index in [4.69, 9.17) is 0 Å². The monoisotopic (exact) mass is 284 g/mol. The summed E-state index contributed by atoms with van der Waals surface area (Å²) < 4.78 is 0. The second kappa shape index (κ2) is 8.14. The van der Waals surface area contributed by atoms with E-state index in [0.717, 1.165) is 12.3 Å². The van der Waals surface area contributed by atoms with Crippen molar-refractivity contribution in [3.63, 3.8) is 0 Å². The highest BCUT2D eigenvalue weighted by molar-refractivity contribution is 5.81. The van der Waals surface area contributed by atoms with E-state index in [9.17, 15) is 0 Å². The Hall–Kier alpha value is -1.41. The molecular formula is C19H28N2. The van der Waals surface area contributed by atoms with Gasteiger partial charge in [0.2, 0.25) is 0 Å². The van der Waals surface area contributed by atoms with Gasteiger partial charge in [-0.1, -0.05) is 50.8 Å². The molecule has 2 rings (SSSR count). The Morgan fingerprint density at radius 2 is 2.10 bits per heavy atom. The van der Waals surface area contributed by atoms with Crippen molar-refractivity contribution in [2.45, 2.75) is 33.1 Å². The maximum absolute atomic E-state index is 4.69. The lowest BCUT2D eigenvalue weighted by molar-refractivity contribution is 0.180. The lowest BCUT2D eigenvalue weighted by Gasteiger charge is -2.33. The van der Waals surface area contributed by atoms with Crippen molar-refractivity contribution in [1.29, 1.82) is 0 Å². The molecule has 0 radical (unpaired) electrons. The molecule has 2 heteroatoms. The molecule has 0 aromatic carbocycles. The van der Waals surface area contributed by atoms with Gasteiger partial charge in [0.1, 0.15) is 0 Å². The number of allylic oxidation sites excluding steroid dienone is 7. The predicted molar refractivity (Wildman–Crippen MR) is 92.6 cm³/mol. The average Bonchev–Trinajstić information content (AvgIpc) is 2.49. The Balaban J connectivity index is 1.83. The number of rotatable bonds is 5. The molecule has 0 unspecified atom stereocenters. The first-order chi connectivity index (χ1) is 10.2. The number of hydrogen-bond acceptors (Lipinski definition) is 2. The van der Waals surface area contributed by atoms with Crippen LogP contribution in [-0.2, 0) is 0 Å². The van der Waals surface area contributed by atoms with Crippen LogP contribution < -0.4 is 0 Å². The molecule has 0 spiro atoms. The van der Waals surface area contributed by atoms with Gasteiger partial charge in [-0.3, -0.25) is 4.99 Å². The maximum atomic E-state index is 4.69. The molecule has 0 bridgehead atoms. The van der Waals surface area contributed by atoms with E-state index in [2.05, 4.69) is 42.5 Å². The fourth-order valence-corrected chi connectivity index (χ4v) is 3.05. The van der Waals surface area contributed by atoms with Crippen LogP contribution in [0.1, 0.15) is 33.1 Å². The van der Waals surface area contributed by atoms with Gasteiger partial charge in [0.15, 0.2) is 0 Å². The van der Waals surface area contributed by atoms with Gasteiger partial charge < -0.3 is 4.90 Å². The second-order valence-electron chi connectivity index (χ2n) is 6.42. The zero-order valence-corrected chi connectivity index (χ0v) is 13.5. The van der Waals surface area contributed by atoms with Crippen molar-refractivity contribution in [3.8, 4) is 0 Å². The van der Waals surface area contributed by atoms with Crippen LogP contribution in [0.15, 0.2) is 53.2 Å². The van der Waals surface area contributed by atoms with Gasteiger partial charge >= 0.3 is 0 Å². The normalized spacial score (nSPS) is 23.2. The highest BCUT2D eigenvalue weighted by atomic mass is 15.1. The fourth-order valence-electron chi connectivity index (χ4n) is 3.05. The van der Waals surface area contributed by atoms with Crippen LogP contribution >= 0.6 is 0 Å². The lowest BCUT2D eigenvalue weighted by atomic mass is 9.91. The van der Waals surface area contributed by atoms with E-state index < -0.39 is 0 Å². The van der Waals surface area contributed by atoms with Gasteiger partial charge in [-0.05, 0) is 43.8 Å². The van der Waals surface area contributed by atoms with E-state index in [0.29, 0.717) is 5.92 Å². The summed E-state index contributed by atoms with van der Waals surface area (Å²) in [6, 6.07) is 0. The molecule has 0 atom stereocenters. The minimum Gasteiger partial charge on any atom is -0.303 e. The largest absolute Gasteiger partial charge is 0.303 e. The van der Waals surface area contributed by atoms with Gasteiger partial charge in [-0.25, -0.2) is 0 Å². The second-order valence-corrected chi connectivity index (χ2v) is 6.42. The first kappa shape index (κ1) is 16.0. The molecule has 21 heavy (non-hydrogen) atoms. The molecule has 0 aromatic heterocycles. The van der Waals surface area contributed by atoms with Crippen molar-refractivity contribution < 1.29 is 0 Å². The van der Waals surface area contributed by atoms with Crippen LogP contribution in [0.5, 0.6) is 0 Å². The molecule has 0 aliphatic carbocycles. The molecule has 0 aromatic rings. The molecular weight excluding hydrogens is 256 g/mol. The molecule has 0 amide bonds. The van der Waals surface area contributed by atoms with Gasteiger partial charge in [-0.15, -0.1) is 0 Å². The summed E-state index contributed by atoms with van der Waals surface area (Å²) in [5.41, 5.74) is 2.58. The van der Waals surface area contributed by atoms with Crippen molar-refractivity contribution >= 4 is 6.21 Å². The minimum absolute atomic E-state index is 0.662. The zero-order chi connectivity index (χ0) is 15.1. The number of hydrogen-bond donors (Lipinski definition) is 0. The average molecular weight is 284 g/mol. The Labute approximate surface area is 129 Å². The number of likely N-dealkylation sites (tertiary alicyclic amines) is 1. The molecule has 2 nitrogen and oxygen atoms in total. The number of aliphatic imine (C=N–C) groups is 1. The molecule has 2 heterocycles. The fraction of sp³-hybridized carbons (Fsp3) is 0.526. The van der Waals surface area contributed by atoms with Gasteiger partial charge in [0.05, 0.1) is 0 Å². The van der Waals surface area contributed by atoms with Crippen LogP contribution in [0.3, 0.4) is 0 Å². The summed E-state index contributed by atoms with van der Waals surface area (Å²) in [4.78, 5) is 7.29. The van der Waals surface area contributed by atoms with Crippen LogP contribution in [0.25, 0.3) is 0 Å². The number of piperidine rings is 1. The zero-order valence-electron chi connectivity index (χ0n) is 13.5. The molecule has 0 N–H and O–H groups in total. The summed E-state index contributed by atoms with van der Waals surface area (Å²) in [6.07, 6.45) is 15.7. The molecule has 1 saturated heterocycles. The summed E-state index contributed by atoms with van der Waals surface area (Å²) in [5.74, 6) is 1.43. The Bertz CT molecular complexity index is 458. The van der Waals surface area contributed by atoms with E-state index in [1.807, 2.05) is 18.4 Å². The van der Waals surface area contributed by atoms with E-state index >= 15 is 0 Å². The smallest absolute Gasteiger partial charge is 0.0399 e. The lowest BCUT2D eigenvalue weighted by Crippen LogP contribution is -2.36. The SMILES string of the molecule is C=C/C=C\C=C1\C=NC(C2CCN(CC(C)C)CC2)=CC1. The third kappa shape index (κ3) is 5.13. The van der Waals surface area contributed by atoms with E-state index in [-0.39, 0.29) is 0 Å². The summed E-state index contributed by atoms with van der Waals surface area (Å²) in [5, 5.41) is 0. The predicted octanol–water partition coefficient (Wildman–Crippen LogP) is 4.38. The van der Waals surface area contributed by atoms with E-state index in [1.54, 1.807) is 6.08 Å². The van der Waals surface area contributed by atoms with Gasteiger partial charge in [0.25, 0.3) is 0 Å². The highest BCUT2D eigenvalue weighted by Crippen LogP contribution is 2.28. The van der Waals surface area contributed by atoms with Gasteiger partial charge in [-0.2, -0.15) is 0 Å². The summed E-state index contributed by atoms with van der Waals surface area (Å²) in [6.45, 7) is 12.0. The van der Waals surface area contributed by atoms with Gasteiger partial charge in [0, 0.05) is 24.4 Å². The van der Waals surface area contributed by atoms with Crippen LogP contribution in [-0.4, -0.2) is 30.7 Å². The van der Waals surface area contributed by atoms with Crippen LogP contribution in [0.4, 0.5) is 0 Å². The molecule has 2 aliphatic heterocycles. The minimum atomic E-state index is 0.662. The van der Waals surface area contributed by atoms with Crippen molar-refractivity contribution in [2.75, 3.05) is 19.6 Å². The first-order valence-corrected chi connectivity index (χ1v) is 8.13. The highest BCUT2D eigenvalue weighted by Gasteiger charge is 2.23. The molecule has 1 fully saturated rings. The Kier molecular flexibility index (Phi) is 6.19.